The van der Waals surface area contributed by atoms with Crippen LogP contribution in [0.4, 0.5) is 0 Å². The molecule has 2 aliphatic rings. The lowest BCUT2D eigenvalue weighted by Crippen LogP contribution is -2.61. The number of unbranched alkanes of at least 4 members (excludes halogenated alkanes) is 1. The third-order valence-electron chi connectivity index (χ3n) is 13.1. The Morgan fingerprint density at radius 2 is 0.975 bits per heavy atom. The topological polar surface area (TPSA) is 489 Å². The fourth-order valence-electron chi connectivity index (χ4n) is 8.83. The van der Waals surface area contributed by atoms with Crippen LogP contribution in [0.25, 0.3) is 0 Å². The number of hydrogen-bond donors (Lipinski definition) is 14. The third kappa shape index (κ3) is 25.2. The molecule has 81 heavy (non-hydrogen) atoms. The van der Waals surface area contributed by atoms with Crippen molar-refractivity contribution in [1.29, 1.82) is 0 Å². The molecule has 10 atom stereocenters. The fourth-order valence-corrected chi connectivity index (χ4v) is 8.83. The Morgan fingerprint density at radius 1 is 0.519 bits per heavy atom. The molecule has 0 aromatic carbocycles. The van der Waals surface area contributed by atoms with Crippen LogP contribution in [0.1, 0.15) is 139 Å². The van der Waals surface area contributed by atoms with Gasteiger partial charge in [-0.05, 0) is 95.4 Å². The van der Waals surface area contributed by atoms with Gasteiger partial charge in [-0.1, -0.05) is 41.5 Å². The molecule has 0 radical (unpaired) electrons. The Bertz CT molecular complexity index is 2240. The number of likely N-dealkylation sites (tertiary alicyclic amines) is 2. The second-order valence-electron chi connectivity index (χ2n) is 21.2. The summed E-state index contributed by atoms with van der Waals surface area (Å²) in [6.07, 6.45) is -0.688. The zero-order valence-electron chi connectivity index (χ0n) is 47.5. The molecule has 0 aromatic rings. The van der Waals surface area contributed by atoms with Crippen molar-refractivity contribution in [1.82, 2.24) is 47.0 Å². The first-order valence-electron chi connectivity index (χ1n) is 27.1. The molecule has 17 N–H and O–H groups in total. The number of primary amides is 1. The number of carbonyl (C=O) groups is 14. The minimum atomic E-state index is -1.90. The van der Waals surface area contributed by atoms with Crippen LogP contribution in [0.5, 0.6) is 0 Å². The quantitative estimate of drug-likeness (QED) is 0.0291. The van der Waals surface area contributed by atoms with Crippen molar-refractivity contribution >= 4 is 82.9 Å². The highest BCUT2D eigenvalue weighted by molar-refractivity contribution is 5.99. The van der Waals surface area contributed by atoms with Crippen LogP contribution >= 0.6 is 0 Å². The summed E-state index contributed by atoms with van der Waals surface area (Å²) >= 11 is 0. The molecule has 458 valence electrons. The van der Waals surface area contributed by atoms with Gasteiger partial charge in [-0.15, -0.1) is 0 Å². The Hall–Kier alpha value is -7.50. The monoisotopic (exact) mass is 1150 g/mol. The predicted octanol–water partition coefficient (Wildman–Crippen LogP) is -3.02. The Balaban J connectivity index is 0.00000791. The average molecular weight is 1160 g/mol. The number of aliphatic carboxylic acids is 4. The summed E-state index contributed by atoms with van der Waals surface area (Å²) in [6.45, 7) is 13.1. The van der Waals surface area contributed by atoms with E-state index in [1.165, 1.54) is 16.7 Å². The number of carboxylic acid groups (broad SMARTS) is 4. The summed E-state index contributed by atoms with van der Waals surface area (Å²) in [5, 5.41) is 53.0. The standard InChI is InChI=1S/C49H82N12O16.C2H4O2/c1-24(2)22-31(43(70)58-38(25(3)4)46(73)54-28(12-8-9-19-50)41(68)53-29(15-17-35(52)62)42(69)57-32(49(76)77)23-37(65)66)56-44(71)33-13-11-21-61(33)48(75)39(26(5)6)59-45(72)34-14-10-20-60(34)47(74)30(16-18-36(63)64)55-40(67)27(7)51;1-2(3)4/h24-34,38-39H,8-23,50-51H2,1-7H3,(H2,52,62)(H,53,68)(H,54,73)(H,55,67)(H,56,71)(H,57,69)(H,58,70)(H,59,72)(H,63,64)(H,65,66)(H,76,77);1H3,(H,3,4)/t27-,28-,29-,30-,31-,32-,33-,34-,38-,39-;/m0./s1. The molecule has 0 saturated carbocycles. The molecule has 2 saturated heterocycles. The SMILES string of the molecule is CC(=O)O.CC(C)C[C@H](NC(=O)[C@@H]1CCCN1C(=O)[C@@H](NC(=O)[C@@H]1CCCN1C(=O)[C@H](CCC(=O)O)NC(=O)[C@H](C)N)C(C)C)C(=O)N[C@H](C(=O)N[C@@H](CCCCN)C(=O)N[C@@H](CCC(N)=O)C(=O)N[C@@H](CC(=O)O)C(=O)O)C(C)C. The number of amides is 10. The van der Waals surface area contributed by atoms with Gasteiger partial charge in [-0.2, -0.15) is 0 Å². The van der Waals surface area contributed by atoms with E-state index in [0.717, 1.165) is 6.92 Å². The van der Waals surface area contributed by atoms with Gasteiger partial charge in [0.15, 0.2) is 0 Å². The van der Waals surface area contributed by atoms with E-state index in [2.05, 4.69) is 31.9 Å². The van der Waals surface area contributed by atoms with Gasteiger partial charge in [0.25, 0.3) is 5.97 Å². The van der Waals surface area contributed by atoms with E-state index in [-0.39, 0.29) is 64.1 Å². The van der Waals surface area contributed by atoms with Crippen LogP contribution in [0.3, 0.4) is 0 Å². The maximum absolute atomic E-state index is 14.4. The lowest BCUT2D eigenvalue weighted by Gasteiger charge is -2.33. The Kier molecular flexibility index (Phi) is 31.1. The molecule has 0 bridgehead atoms. The van der Waals surface area contributed by atoms with Crippen molar-refractivity contribution in [3.8, 4) is 0 Å². The van der Waals surface area contributed by atoms with Crippen molar-refractivity contribution in [2.24, 2.45) is 35.0 Å². The van der Waals surface area contributed by atoms with Crippen LogP contribution < -0.4 is 54.4 Å². The van der Waals surface area contributed by atoms with Crippen molar-refractivity contribution in [2.45, 2.75) is 199 Å². The highest BCUT2D eigenvalue weighted by atomic mass is 16.4. The zero-order chi connectivity index (χ0) is 62.0. The third-order valence-corrected chi connectivity index (χ3v) is 13.1. The van der Waals surface area contributed by atoms with Crippen LogP contribution in [0.2, 0.25) is 0 Å². The van der Waals surface area contributed by atoms with E-state index in [1.54, 1.807) is 41.5 Å². The minimum absolute atomic E-state index is 0.0380. The van der Waals surface area contributed by atoms with E-state index >= 15 is 0 Å². The van der Waals surface area contributed by atoms with E-state index in [1.807, 2.05) is 5.32 Å². The lowest BCUT2D eigenvalue weighted by molar-refractivity contribution is -0.147. The molecule has 2 rings (SSSR count). The minimum Gasteiger partial charge on any atom is -0.481 e. The molecular weight excluding hydrogens is 1070 g/mol. The Morgan fingerprint density at radius 3 is 1.43 bits per heavy atom. The summed E-state index contributed by atoms with van der Waals surface area (Å²) in [4.78, 5) is 182. The number of carbonyl (C=O) groups excluding carboxylic acids is 10. The maximum Gasteiger partial charge on any atom is 0.326 e. The number of rotatable bonds is 33. The van der Waals surface area contributed by atoms with Crippen molar-refractivity contribution in [2.75, 3.05) is 19.6 Å². The molecule has 2 fully saturated rings. The molecule has 0 spiro atoms. The molecule has 30 heteroatoms. The number of carboxylic acids is 4. The van der Waals surface area contributed by atoms with Gasteiger partial charge in [0.2, 0.25) is 59.1 Å². The van der Waals surface area contributed by atoms with E-state index in [0.29, 0.717) is 19.3 Å². The molecule has 2 heterocycles. The highest BCUT2D eigenvalue weighted by Gasteiger charge is 2.44. The van der Waals surface area contributed by atoms with Crippen LogP contribution in [0.15, 0.2) is 0 Å². The molecule has 30 nitrogen and oxygen atoms in total. The molecule has 0 unspecified atom stereocenters. The van der Waals surface area contributed by atoms with Gasteiger partial charge >= 0.3 is 17.9 Å². The summed E-state index contributed by atoms with van der Waals surface area (Å²) in [6, 6.07) is -13.1. The van der Waals surface area contributed by atoms with E-state index in [4.69, 9.17) is 32.2 Å². The largest absolute Gasteiger partial charge is 0.481 e. The van der Waals surface area contributed by atoms with Gasteiger partial charge in [0.05, 0.1) is 12.5 Å². The normalized spacial score (nSPS) is 17.8. The summed E-state index contributed by atoms with van der Waals surface area (Å²) in [7, 11) is 0. The van der Waals surface area contributed by atoms with Gasteiger partial charge in [0, 0.05) is 32.9 Å². The van der Waals surface area contributed by atoms with Crippen molar-refractivity contribution in [3.05, 3.63) is 0 Å². The molecule has 0 aliphatic carbocycles. The Labute approximate surface area is 470 Å². The maximum atomic E-state index is 14.4. The molecular formula is C51H86N12O18. The summed E-state index contributed by atoms with van der Waals surface area (Å²) in [5.41, 5.74) is 16.6. The average Bonchev–Trinajstić information content (AvgIpc) is 4.08. The molecule has 2 aliphatic heterocycles. The van der Waals surface area contributed by atoms with Crippen molar-refractivity contribution in [3.63, 3.8) is 0 Å². The summed E-state index contributed by atoms with van der Waals surface area (Å²) in [5.74, 6) is -14.5. The first-order chi connectivity index (χ1) is 37.7. The first-order valence-corrected chi connectivity index (χ1v) is 27.1. The lowest BCUT2D eigenvalue weighted by atomic mass is 9.98. The van der Waals surface area contributed by atoms with Gasteiger partial charge in [-0.25, -0.2) is 4.79 Å². The predicted molar refractivity (Wildman–Crippen MR) is 287 cm³/mol. The summed E-state index contributed by atoms with van der Waals surface area (Å²) < 4.78 is 0. The van der Waals surface area contributed by atoms with Crippen LogP contribution in [0, 0.1) is 17.8 Å². The van der Waals surface area contributed by atoms with Crippen LogP contribution in [-0.2, 0) is 67.1 Å². The van der Waals surface area contributed by atoms with Gasteiger partial charge < -0.3 is 84.6 Å². The van der Waals surface area contributed by atoms with Gasteiger partial charge in [-0.3, -0.25) is 62.3 Å². The van der Waals surface area contributed by atoms with E-state index < -0.39 is 181 Å². The van der Waals surface area contributed by atoms with E-state index in [9.17, 15) is 72.5 Å². The smallest absolute Gasteiger partial charge is 0.326 e. The fraction of sp³-hybridized carbons (Fsp3) is 0.725. The number of nitrogens with zero attached hydrogens (tertiary/aromatic N) is 2. The number of hydrogen-bond acceptors (Lipinski definition) is 16. The number of nitrogens with one attached hydrogen (secondary N) is 7. The first kappa shape index (κ1) is 71.5. The van der Waals surface area contributed by atoms with Crippen LogP contribution in [-0.4, -0.2) is 193 Å². The molecule has 0 aromatic heterocycles. The zero-order valence-corrected chi connectivity index (χ0v) is 47.5. The van der Waals surface area contributed by atoms with Crippen molar-refractivity contribution < 1.29 is 87.5 Å². The second kappa shape index (κ2) is 35.3. The highest BCUT2D eigenvalue weighted by Crippen LogP contribution is 2.24. The second-order valence-corrected chi connectivity index (χ2v) is 21.2. The van der Waals surface area contributed by atoms with Gasteiger partial charge in [0.1, 0.15) is 54.4 Å². The molecule has 10 amide bonds. The number of nitrogens with two attached hydrogens (primary N) is 3.